The highest BCUT2D eigenvalue weighted by Gasteiger charge is 2.22. The number of nitrogens with one attached hydrogen (secondary N) is 2. The Morgan fingerprint density at radius 2 is 1.73 bits per heavy atom. The number of rotatable bonds is 4. The summed E-state index contributed by atoms with van der Waals surface area (Å²) < 4.78 is 5.41. The third-order valence-electron chi connectivity index (χ3n) is 4.97. The van der Waals surface area contributed by atoms with Gasteiger partial charge in [0.05, 0.1) is 23.9 Å². The molecule has 30 heavy (non-hydrogen) atoms. The van der Waals surface area contributed by atoms with Crippen LogP contribution < -0.4 is 15.5 Å². The maximum atomic E-state index is 12.7. The third-order valence-corrected chi connectivity index (χ3v) is 5.28. The van der Waals surface area contributed by atoms with E-state index in [9.17, 15) is 9.59 Å². The van der Waals surface area contributed by atoms with Crippen molar-refractivity contribution in [2.75, 3.05) is 41.8 Å². The molecular weight excluding hydrogens is 402 g/mol. The quantitative estimate of drug-likeness (QED) is 0.737. The number of halogens is 1. The number of benzene rings is 2. The second-order valence-electron chi connectivity index (χ2n) is 8.45. The van der Waals surface area contributed by atoms with Crippen molar-refractivity contribution in [3.8, 4) is 0 Å². The number of morpholine rings is 1. The summed E-state index contributed by atoms with van der Waals surface area (Å²) in [6.07, 6.45) is 0. The summed E-state index contributed by atoms with van der Waals surface area (Å²) in [5.41, 5.74) is 3.29. The molecule has 160 valence electrons. The molecule has 3 rings (SSSR count). The Hall–Kier alpha value is -2.57. The smallest absolute Gasteiger partial charge is 0.255 e. The van der Waals surface area contributed by atoms with Crippen molar-refractivity contribution >= 4 is 40.5 Å². The summed E-state index contributed by atoms with van der Waals surface area (Å²) in [6, 6.07) is 10.7. The van der Waals surface area contributed by atoms with E-state index in [2.05, 4.69) is 15.5 Å². The highest BCUT2D eigenvalue weighted by molar-refractivity contribution is 6.34. The number of hydrogen-bond acceptors (Lipinski definition) is 4. The predicted octanol–water partition coefficient (Wildman–Crippen LogP) is 4.72. The lowest BCUT2D eigenvalue weighted by atomic mass is 9.95. The molecule has 6 nitrogen and oxygen atoms in total. The normalized spacial score (nSPS) is 14.4. The van der Waals surface area contributed by atoms with Gasteiger partial charge in [0, 0.05) is 35.4 Å². The van der Waals surface area contributed by atoms with Crippen molar-refractivity contribution in [2.24, 2.45) is 5.41 Å². The van der Waals surface area contributed by atoms with Gasteiger partial charge in [-0.15, -0.1) is 0 Å². The fourth-order valence-electron chi connectivity index (χ4n) is 3.16. The monoisotopic (exact) mass is 429 g/mol. The highest BCUT2D eigenvalue weighted by Crippen LogP contribution is 2.28. The second-order valence-corrected chi connectivity index (χ2v) is 8.86. The Morgan fingerprint density at radius 3 is 2.33 bits per heavy atom. The lowest BCUT2D eigenvalue weighted by Gasteiger charge is -2.30. The van der Waals surface area contributed by atoms with E-state index < -0.39 is 5.41 Å². The van der Waals surface area contributed by atoms with E-state index in [1.807, 2.05) is 45.9 Å². The molecule has 0 aromatic heterocycles. The highest BCUT2D eigenvalue weighted by atomic mass is 35.5. The fourth-order valence-corrected chi connectivity index (χ4v) is 3.39. The van der Waals surface area contributed by atoms with Crippen LogP contribution in [0.15, 0.2) is 36.4 Å². The average molecular weight is 430 g/mol. The predicted molar refractivity (Wildman–Crippen MR) is 122 cm³/mol. The van der Waals surface area contributed by atoms with Crippen LogP contribution in [-0.4, -0.2) is 38.1 Å². The van der Waals surface area contributed by atoms with E-state index in [-0.39, 0.29) is 11.8 Å². The van der Waals surface area contributed by atoms with Crippen LogP contribution in [0.2, 0.25) is 5.02 Å². The minimum absolute atomic E-state index is 0.128. The molecule has 0 radical (unpaired) electrons. The molecule has 1 aliphatic rings. The Bertz CT molecular complexity index is 947. The molecule has 1 fully saturated rings. The minimum atomic E-state index is -0.526. The van der Waals surface area contributed by atoms with Crippen LogP contribution in [0, 0.1) is 12.3 Å². The van der Waals surface area contributed by atoms with E-state index in [0.717, 1.165) is 24.3 Å². The zero-order valence-corrected chi connectivity index (χ0v) is 18.6. The first-order chi connectivity index (χ1) is 14.1. The summed E-state index contributed by atoms with van der Waals surface area (Å²) in [7, 11) is 0. The van der Waals surface area contributed by atoms with Gasteiger partial charge in [-0.1, -0.05) is 32.4 Å². The summed E-state index contributed by atoms with van der Waals surface area (Å²) in [6.45, 7) is 10.6. The Morgan fingerprint density at radius 1 is 1.03 bits per heavy atom. The molecule has 1 saturated heterocycles. The molecule has 7 heteroatoms. The van der Waals surface area contributed by atoms with Crippen LogP contribution in [0.25, 0.3) is 0 Å². The van der Waals surface area contributed by atoms with Gasteiger partial charge in [0.2, 0.25) is 5.91 Å². The number of aryl methyl sites for hydroxylation is 1. The van der Waals surface area contributed by atoms with Crippen molar-refractivity contribution in [3.05, 3.63) is 52.5 Å². The number of ether oxygens (including phenoxy) is 1. The molecule has 2 aromatic carbocycles. The molecule has 0 unspecified atom stereocenters. The van der Waals surface area contributed by atoms with Crippen molar-refractivity contribution in [2.45, 2.75) is 27.7 Å². The van der Waals surface area contributed by atoms with E-state index in [0.29, 0.717) is 35.2 Å². The molecule has 2 N–H and O–H groups in total. The number of nitrogens with zero attached hydrogens (tertiary/aromatic N) is 1. The number of anilines is 3. The summed E-state index contributed by atoms with van der Waals surface area (Å²) in [5, 5.41) is 6.04. The van der Waals surface area contributed by atoms with Crippen molar-refractivity contribution < 1.29 is 14.3 Å². The molecule has 1 heterocycles. The summed E-state index contributed by atoms with van der Waals surface area (Å²) in [4.78, 5) is 27.1. The second kappa shape index (κ2) is 9.06. The van der Waals surface area contributed by atoms with Crippen LogP contribution in [0.4, 0.5) is 17.1 Å². The van der Waals surface area contributed by atoms with E-state index in [1.54, 1.807) is 18.2 Å². The van der Waals surface area contributed by atoms with Crippen molar-refractivity contribution in [1.82, 2.24) is 0 Å². The van der Waals surface area contributed by atoms with Gasteiger partial charge in [0.1, 0.15) is 0 Å². The molecule has 0 atom stereocenters. The number of carbonyl (C=O) groups excluding carboxylic acids is 2. The van der Waals surface area contributed by atoms with Crippen LogP contribution in [0.5, 0.6) is 0 Å². The van der Waals surface area contributed by atoms with Crippen molar-refractivity contribution in [1.29, 1.82) is 0 Å². The number of carbonyl (C=O) groups is 2. The molecule has 2 amide bonds. The number of hydrogen-bond donors (Lipinski definition) is 2. The van der Waals surface area contributed by atoms with Crippen LogP contribution in [0.1, 0.15) is 36.7 Å². The topological polar surface area (TPSA) is 70.7 Å². The summed E-state index contributed by atoms with van der Waals surface area (Å²) >= 11 is 6.30. The third kappa shape index (κ3) is 5.32. The van der Waals surface area contributed by atoms with Crippen molar-refractivity contribution in [3.63, 3.8) is 0 Å². The molecule has 0 bridgehead atoms. The fraction of sp³-hybridized carbons (Fsp3) is 0.391. The Labute approximate surface area is 182 Å². The molecule has 2 aromatic rings. The standard InChI is InChI=1S/C23H28ClN3O3/c1-15-13-16(5-8-20(15)27-9-11-30-12-10-27)21(28)25-17-6-7-19(18(24)14-17)26-22(29)23(2,3)4/h5-8,13-14H,9-12H2,1-4H3,(H,25,28)(H,26,29). The first-order valence-electron chi connectivity index (χ1n) is 10.0. The largest absolute Gasteiger partial charge is 0.378 e. The van der Waals surface area contributed by atoms with Crippen LogP contribution >= 0.6 is 11.6 Å². The lowest BCUT2D eigenvalue weighted by Crippen LogP contribution is -2.36. The van der Waals surface area contributed by atoms with Gasteiger partial charge in [-0.25, -0.2) is 0 Å². The van der Waals surface area contributed by atoms with Crippen LogP contribution in [0.3, 0.4) is 0 Å². The maximum Gasteiger partial charge on any atom is 0.255 e. The van der Waals surface area contributed by atoms with Gasteiger partial charge in [0.25, 0.3) is 5.91 Å². The Balaban J connectivity index is 1.69. The molecule has 0 saturated carbocycles. The Kier molecular flexibility index (Phi) is 6.68. The van der Waals surface area contributed by atoms with Gasteiger partial charge in [-0.3, -0.25) is 9.59 Å². The zero-order valence-electron chi connectivity index (χ0n) is 17.8. The lowest BCUT2D eigenvalue weighted by molar-refractivity contribution is -0.123. The molecule has 1 aliphatic heterocycles. The van der Waals surface area contributed by atoms with E-state index >= 15 is 0 Å². The molecule has 0 spiro atoms. The zero-order chi connectivity index (χ0) is 21.9. The first-order valence-corrected chi connectivity index (χ1v) is 10.4. The average Bonchev–Trinajstić information content (AvgIpc) is 2.69. The van der Waals surface area contributed by atoms with Gasteiger partial charge in [-0.2, -0.15) is 0 Å². The van der Waals surface area contributed by atoms with Gasteiger partial charge < -0.3 is 20.3 Å². The van der Waals surface area contributed by atoms with E-state index in [4.69, 9.17) is 16.3 Å². The SMILES string of the molecule is Cc1cc(C(=O)Nc2ccc(NC(=O)C(C)(C)C)c(Cl)c2)ccc1N1CCOCC1. The van der Waals surface area contributed by atoms with Crippen LogP contribution in [-0.2, 0) is 9.53 Å². The van der Waals surface area contributed by atoms with Gasteiger partial charge >= 0.3 is 0 Å². The van der Waals surface area contributed by atoms with Gasteiger partial charge in [0.15, 0.2) is 0 Å². The summed E-state index contributed by atoms with van der Waals surface area (Å²) in [5.74, 6) is -0.341. The van der Waals surface area contributed by atoms with E-state index in [1.165, 1.54) is 0 Å². The molecule has 0 aliphatic carbocycles. The minimum Gasteiger partial charge on any atom is -0.378 e. The maximum absolute atomic E-state index is 12.7. The van der Waals surface area contributed by atoms with Gasteiger partial charge in [-0.05, 0) is 48.9 Å². The molecular formula is C23H28ClN3O3. The first kappa shape index (κ1) is 22.1. The number of amides is 2.